The molecule has 2 rings (SSSR count). The Bertz CT molecular complexity index is 282. The summed E-state index contributed by atoms with van der Waals surface area (Å²) in [4.78, 5) is 1.53. The summed E-state index contributed by atoms with van der Waals surface area (Å²) in [5, 5.41) is 2.13. The Morgan fingerprint density at radius 2 is 2.23 bits per heavy atom. The van der Waals surface area contributed by atoms with E-state index >= 15 is 0 Å². The summed E-state index contributed by atoms with van der Waals surface area (Å²) in [6.07, 6.45) is 5.08. The molecular formula is C10H15NOS. The van der Waals surface area contributed by atoms with Crippen molar-refractivity contribution in [3.8, 4) is 5.75 Å². The minimum absolute atomic E-state index is 0.602. The van der Waals surface area contributed by atoms with Gasteiger partial charge in [0.1, 0.15) is 12.4 Å². The fourth-order valence-electron chi connectivity index (χ4n) is 1.75. The molecule has 0 saturated heterocycles. The lowest BCUT2D eigenvalue weighted by molar-refractivity contribution is 0.325. The van der Waals surface area contributed by atoms with Gasteiger partial charge in [0.05, 0.1) is 0 Å². The minimum atomic E-state index is 0.602. The van der Waals surface area contributed by atoms with Crippen LogP contribution >= 0.6 is 11.3 Å². The van der Waals surface area contributed by atoms with Gasteiger partial charge in [-0.15, -0.1) is 11.3 Å². The van der Waals surface area contributed by atoms with E-state index in [4.69, 9.17) is 10.5 Å². The predicted octanol–water partition coefficient (Wildman–Crippen LogP) is 1.96. The first-order valence-electron chi connectivity index (χ1n) is 4.84. The molecule has 2 nitrogen and oxygen atoms in total. The number of fused-ring (bicyclic) bond motifs is 1. The van der Waals surface area contributed by atoms with Crippen LogP contribution in [-0.2, 0) is 12.8 Å². The number of aryl methyl sites for hydroxylation is 1. The SMILES string of the molecule is NCCOc1csc2c1CCCC2. The fourth-order valence-corrected chi connectivity index (χ4v) is 2.82. The first-order valence-corrected chi connectivity index (χ1v) is 5.72. The first-order chi connectivity index (χ1) is 6.42. The van der Waals surface area contributed by atoms with Gasteiger partial charge in [-0.3, -0.25) is 0 Å². The second-order valence-electron chi connectivity index (χ2n) is 3.35. The van der Waals surface area contributed by atoms with Crippen LogP contribution in [-0.4, -0.2) is 13.2 Å². The number of rotatable bonds is 3. The van der Waals surface area contributed by atoms with Crippen LogP contribution in [0.5, 0.6) is 5.75 Å². The molecule has 1 heterocycles. The van der Waals surface area contributed by atoms with E-state index in [2.05, 4.69) is 5.38 Å². The van der Waals surface area contributed by atoms with Crippen LogP contribution < -0.4 is 10.5 Å². The highest BCUT2D eigenvalue weighted by Crippen LogP contribution is 2.35. The Balaban J connectivity index is 2.12. The third kappa shape index (κ3) is 1.86. The lowest BCUT2D eigenvalue weighted by Gasteiger charge is -2.12. The smallest absolute Gasteiger partial charge is 0.133 e. The zero-order chi connectivity index (χ0) is 9.10. The van der Waals surface area contributed by atoms with Gasteiger partial charge in [0.15, 0.2) is 0 Å². The van der Waals surface area contributed by atoms with E-state index in [0.717, 1.165) is 5.75 Å². The van der Waals surface area contributed by atoms with Crippen LogP contribution in [0.4, 0.5) is 0 Å². The van der Waals surface area contributed by atoms with Crippen molar-refractivity contribution in [1.29, 1.82) is 0 Å². The van der Waals surface area contributed by atoms with Crippen molar-refractivity contribution in [1.82, 2.24) is 0 Å². The van der Waals surface area contributed by atoms with E-state index in [1.807, 2.05) is 11.3 Å². The Kier molecular flexibility index (Phi) is 2.86. The molecule has 2 N–H and O–H groups in total. The maximum Gasteiger partial charge on any atom is 0.133 e. The standard InChI is InChI=1S/C10H15NOS/c11-5-6-12-9-7-13-10-4-2-1-3-8(9)10/h7H,1-6,11H2. The quantitative estimate of drug-likeness (QED) is 0.804. The Morgan fingerprint density at radius 1 is 1.38 bits per heavy atom. The highest BCUT2D eigenvalue weighted by molar-refractivity contribution is 7.10. The van der Waals surface area contributed by atoms with Gasteiger partial charge in [-0.25, -0.2) is 0 Å². The van der Waals surface area contributed by atoms with E-state index in [0.29, 0.717) is 13.2 Å². The first kappa shape index (κ1) is 9.03. The molecule has 0 fully saturated rings. The molecule has 0 saturated carbocycles. The molecule has 0 bridgehead atoms. The van der Waals surface area contributed by atoms with E-state index in [1.165, 1.54) is 36.1 Å². The molecule has 1 aliphatic rings. The van der Waals surface area contributed by atoms with Crippen molar-refractivity contribution in [2.75, 3.05) is 13.2 Å². The van der Waals surface area contributed by atoms with Crippen molar-refractivity contribution in [3.05, 3.63) is 15.8 Å². The molecule has 13 heavy (non-hydrogen) atoms. The van der Waals surface area contributed by atoms with E-state index in [1.54, 1.807) is 0 Å². The lowest BCUT2D eigenvalue weighted by atomic mass is 9.99. The summed E-state index contributed by atoms with van der Waals surface area (Å²) in [7, 11) is 0. The van der Waals surface area contributed by atoms with Gasteiger partial charge in [0, 0.05) is 22.4 Å². The highest BCUT2D eigenvalue weighted by atomic mass is 32.1. The van der Waals surface area contributed by atoms with Crippen molar-refractivity contribution in [2.45, 2.75) is 25.7 Å². The average Bonchev–Trinajstić information content (AvgIpc) is 2.58. The number of ether oxygens (including phenoxy) is 1. The second-order valence-corrected chi connectivity index (χ2v) is 4.31. The van der Waals surface area contributed by atoms with Crippen molar-refractivity contribution in [3.63, 3.8) is 0 Å². The van der Waals surface area contributed by atoms with Gasteiger partial charge in [-0.2, -0.15) is 0 Å². The van der Waals surface area contributed by atoms with E-state index in [9.17, 15) is 0 Å². The van der Waals surface area contributed by atoms with Crippen LogP contribution in [0.25, 0.3) is 0 Å². The number of hydrogen-bond acceptors (Lipinski definition) is 3. The molecule has 72 valence electrons. The van der Waals surface area contributed by atoms with Gasteiger partial charge in [-0.1, -0.05) is 0 Å². The van der Waals surface area contributed by atoms with Crippen LogP contribution in [0, 0.1) is 0 Å². The molecule has 3 heteroatoms. The zero-order valence-corrected chi connectivity index (χ0v) is 8.53. The Morgan fingerprint density at radius 3 is 3.08 bits per heavy atom. The average molecular weight is 197 g/mol. The molecule has 0 radical (unpaired) electrons. The fraction of sp³-hybridized carbons (Fsp3) is 0.600. The topological polar surface area (TPSA) is 35.2 Å². The number of hydrogen-bond donors (Lipinski definition) is 1. The van der Waals surface area contributed by atoms with Gasteiger partial charge >= 0.3 is 0 Å². The summed E-state index contributed by atoms with van der Waals surface area (Å²) < 4.78 is 5.58. The van der Waals surface area contributed by atoms with Crippen molar-refractivity contribution < 1.29 is 4.74 Å². The largest absolute Gasteiger partial charge is 0.491 e. The minimum Gasteiger partial charge on any atom is -0.491 e. The van der Waals surface area contributed by atoms with Crippen LogP contribution in [0.2, 0.25) is 0 Å². The van der Waals surface area contributed by atoms with E-state index in [-0.39, 0.29) is 0 Å². The summed E-state index contributed by atoms with van der Waals surface area (Å²) in [6, 6.07) is 0. The Hall–Kier alpha value is -0.540. The van der Waals surface area contributed by atoms with E-state index < -0.39 is 0 Å². The maximum absolute atomic E-state index is 5.58. The predicted molar refractivity (Wildman–Crippen MR) is 55.5 cm³/mol. The molecule has 0 unspecified atom stereocenters. The molecule has 0 spiro atoms. The third-order valence-corrected chi connectivity index (χ3v) is 3.47. The molecule has 1 aliphatic carbocycles. The normalized spacial score (nSPS) is 15.5. The molecular weight excluding hydrogens is 182 g/mol. The van der Waals surface area contributed by atoms with Crippen LogP contribution in [0.1, 0.15) is 23.3 Å². The molecule has 0 atom stereocenters. The molecule has 0 aromatic carbocycles. The zero-order valence-electron chi connectivity index (χ0n) is 7.71. The molecule has 1 aromatic rings. The summed E-state index contributed by atoms with van der Waals surface area (Å²) >= 11 is 1.84. The molecule has 0 aliphatic heterocycles. The van der Waals surface area contributed by atoms with Gasteiger partial charge in [0.25, 0.3) is 0 Å². The lowest BCUT2D eigenvalue weighted by Crippen LogP contribution is -2.11. The summed E-state index contributed by atoms with van der Waals surface area (Å²) in [5.41, 5.74) is 6.85. The van der Waals surface area contributed by atoms with Gasteiger partial charge in [-0.05, 0) is 25.7 Å². The summed E-state index contributed by atoms with van der Waals surface area (Å²) in [5.74, 6) is 1.09. The monoisotopic (exact) mass is 197 g/mol. The second kappa shape index (κ2) is 4.11. The number of nitrogens with two attached hydrogens (primary N) is 1. The van der Waals surface area contributed by atoms with Crippen molar-refractivity contribution in [2.24, 2.45) is 5.73 Å². The van der Waals surface area contributed by atoms with Crippen LogP contribution in [0.15, 0.2) is 5.38 Å². The maximum atomic E-state index is 5.58. The van der Waals surface area contributed by atoms with Crippen molar-refractivity contribution >= 4 is 11.3 Å². The molecule has 1 aromatic heterocycles. The third-order valence-electron chi connectivity index (χ3n) is 2.40. The van der Waals surface area contributed by atoms with Gasteiger partial charge in [0.2, 0.25) is 0 Å². The highest BCUT2D eigenvalue weighted by Gasteiger charge is 2.15. The molecule has 0 amide bonds. The number of thiophene rings is 1. The Labute approximate surface area is 82.7 Å². The van der Waals surface area contributed by atoms with Gasteiger partial charge < -0.3 is 10.5 Å². The van der Waals surface area contributed by atoms with Crippen LogP contribution in [0.3, 0.4) is 0 Å². The summed E-state index contributed by atoms with van der Waals surface area (Å²) in [6.45, 7) is 1.24.